The molecule has 0 saturated carbocycles. The number of aliphatic carboxylic acids is 1. The maximum atomic E-state index is 10.9. The van der Waals surface area contributed by atoms with Crippen LogP contribution in [0.3, 0.4) is 0 Å². The van der Waals surface area contributed by atoms with Gasteiger partial charge < -0.3 is 15.3 Å². The summed E-state index contributed by atoms with van der Waals surface area (Å²) in [5.41, 5.74) is 2.48. The summed E-state index contributed by atoms with van der Waals surface area (Å²) in [5.74, 6) is -1.01. The molecular weight excluding hydrogens is 364 g/mol. The predicted octanol–water partition coefficient (Wildman–Crippen LogP) is 4.29. The Labute approximate surface area is 150 Å². The van der Waals surface area contributed by atoms with E-state index in [1.165, 1.54) is 11.3 Å². The monoisotopic (exact) mass is 378 g/mol. The third kappa shape index (κ3) is 3.35. The van der Waals surface area contributed by atoms with Gasteiger partial charge in [0.1, 0.15) is 0 Å². The van der Waals surface area contributed by atoms with Crippen molar-refractivity contribution in [3.8, 4) is 19.5 Å². The highest BCUT2D eigenvalue weighted by molar-refractivity contribution is 7.26. The van der Waals surface area contributed by atoms with Crippen LogP contribution in [-0.2, 0) is 18.0 Å². The molecule has 4 nitrogen and oxygen atoms in total. The summed E-state index contributed by atoms with van der Waals surface area (Å²) in [6, 6.07) is 5.69. The second-order valence-corrected chi connectivity index (χ2v) is 7.82. The Morgan fingerprint density at radius 1 is 1.00 bits per heavy atom. The molecule has 3 aromatic heterocycles. The van der Waals surface area contributed by atoms with Crippen LogP contribution in [0.5, 0.6) is 0 Å². The van der Waals surface area contributed by atoms with Crippen LogP contribution in [-0.4, -0.2) is 21.3 Å². The van der Waals surface area contributed by atoms with Gasteiger partial charge in [-0.25, -0.2) is 4.79 Å². The normalized spacial score (nSPS) is 11.4. The molecule has 24 heavy (non-hydrogen) atoms. The van der Waals surface area contributed by atoms with Gasteiger partial charge in [-0.15, -0.1) is 34.0 Å². The van der Waals surface area contributed by atoms with Crippen molar-refractivity contribution < 1.29 is 20.1 Å². The smallest absolute Gasteiger partial charge is 0.328 e. The summed E-state index contributed by atoms with van der Waals surface area (Å²) < 4.78 is 0. The molecular formula is C17H14O4S3. The van der Waals surface area contributed by atoms with Gasteiger partial charge in [0.05, 0.1) is 23.0 Å². The molecule has 7 heteroatoms. The molecule has 0 amide bonds. The first-order valence-corrected chi connectivity index (χ1v) is 9.61. The largest absolute Gasteiger partial charge is 0.478 e. The van der Waals surface area contributed by atoms with Gasteiger partial charge in [0.25, 0.3) is 0 Å². The molecule has 0 aliphatic heterocycles. The van der Waals surface area contributed by atoms with Crippen LogP contribution >= 0.6 is 34.0 Å². The lowest BCUT2D eigenvalue weighted by Gasteiger charge is -2.00. The van der Waals surface area contributed by atoms with E-state index >= 15 is 0 Å². The van der Waals surface area contributed by atoms with Crippen molar-refractivity contribution in [3.63, 3.8) is 0 Å². The minimum absolute atomic E-state index is 0.0345. The number of carboxylic acids is 1. The summed E-state index contributed by atoms with van der Waals surface area (Å²) in [4.78, 5) is 14.7. The first kappa shape index (κ1) is 17.1. The van der Waals surface area contributed by atoms with E-state index < -0.39 is 5.97 Å². The number of thiophene rings is 3. The molecule has 3 rings (SSSR count). The maximum absolute atomic E-state index is 10.9. The second-order valence-electron chi connectivity index (χ2n) is 4.93. The Morgan fingerprint density at radius 2 is 1.62 bits per heavy atom. The Balaban J connectivity index is 2.14. The van der Waals surface area contributed by atoms with E-state index in [0.29, 0.717) is 0 Å². The van der Waals surface area contributed by atoms with E-state index in [-0.39, 0.29) is 13.2 Å². The minimum Gasteiger partial charge on any atom is -0.478 e. The Bertz CT molecular complexity index is 885. The minimum atomic E-state index is -1.01. The zero-order valence-electron chi connectivity index (χ0n) is 12.4. The molecule has 3 N–H and O–H groups in total. The Morgan fingerprint density at radius 3 is 2.25 bits per heavy atom. The van der Waals surface area contributed by atoms with Gasteiger partial charge in [-0.2, -0.15) is 0 Å². The molecule has 3 aromatic rings. The van der Waals surface area contributed by atoms with Gasteiger partial charge in [-0.05, 0) is 51.7 Å². The van der Waals surface area contributed by atoms with Crippen molar-refractivity contribution in [1.82, 2.24) is 0 Å². The standard InChI is InChI=1S/C17H14O4S3/c18-8-11-3-5-22-15(11)13-7-10(1-2-14(20)21)17(24-13)16-12(9-19)4-6-23-16/h1-7,18-19H,8-9H2,(H,20,21)/b2-1+. The van der Waals surface area contributed by atoms with Gasteiger partial charge >= 0.3 is 5.97 Å². The molecule has 0 fully saturated rings. The fourth-order valence-corrected chi connectivity index (χ4v) is 5.66. The lowest BCUT2D eigenvalue weighted by atomic mass is 10.1. The molecule has 0 aliphatic rings. The number of hydrogen-bond acceptors (Lipinski definition) is 6. The van der Waals surface area contributed by atoms with E-state index in [4.69, 9.17) is 5.11 Å². The van der Waals surface area contributed by atoms with Gasteiger partial charge in [-0.1, -0.05) is 0 Å². The van der Waals surface area contributed by atoms with E-state index in [9.17, 15) is 15.0 Å². The van der Waals surface area contributed by atoms with Crippen molar-refractivity contribution in [2.24, 2.45) is 0 Å². The van der Waals surface area contributed by atoms with Gasteiger partial charge in [0.15, 0.2) is 0 Å². The van der Waals surface area contributed by atoms with Crippen LogP contribution in [0.1, 0.15) is 16.7 Å². The molecule has 0 saturated heterocycles. The summed E-state index contributed by atoms with van der Waals surface area (Å²) in [5, 5.41) is 31.8. The topological polar surface area (TPSA) is 77.8 Å². The van der Waals surface area contributed by atoms with E-state index in [0.717, 1.165) is 42.3 Å². The van der Waals surface area contributed by atoms with E-state index in [1.54, 1.807) is 28.7 Å². The molecule has 0 spiro atoms. The predicted molar refractivity (Wildman–Crippen MR) is 99.5 cm³/mol. The fourth-order valence-electron chi connectivity index (χ4n) is 2.32. The number of aliphatic hydroxyl groups excluding tert-OH is 2. The average molecular weight is 378 g/mol. The van der Waals surface area contributed by atoms with Gasteiger partial charge in [-0.3, -0.25) is 0 Å². The quantitative estimate of drug-likeness (QED) is 0.559. The highest BCUT2D eigenvalue weighted by Gasteiger charge is 2.17. The number of aliphatic hydroxyl groups is 2. The van der Waals surface area contributed by atoms with Crippen molar-refractivity contribution in [2.45, 2.75) is 13.2 Å². The molecule has 0 aliphatic carbocycles. The highest BCUT2D eigenvalue weighted by atomic mass is 32.1. The second kappa shape index (κ2) is 7.42. The first-order chi connectivity index (χ1) is 11.6. The van der Waals surface area contributed by atoms with Crippen molar-refractivity contribution in [1.29, 1.82) is 0 Å². The fraction of sp³-hybridized carbons (Fsp3) is 0.118. The summed E-state index contributed by atoms with van der Waals surface area (Å²) >= 11 is 4.60. The highest BCUT2D eigenvalue weighted by Crippen LogP contribution is 2.44. The zero-order chi connectivity index (χ0) is 17.1. The van der Waals surface area contributed by atoms with Crippen LogP contribution in [0, 0.1) is 0 Å². The maximum Gasteiger partial charge on any atom is 0.328 e. The number of carbonyl (C=O) groups is 1. The zero-order valence-corrected chi connectivity index (χ0v) is 14.9. The third-order valence-corrected chi connectivity index (χ3v) is 6.84. The van der Waals surface area contributed by atoms with Crippen molar-refractivity contribution in [2.75, 3.05) is 0 Å². The molecule has 0 radical (unpaired) electrons. The third-order valence-electron chi connectivity index (χ3n) is 3.43. The van der Waals surface area contributed by atoms with Crippen LogP contribution in [0.4, 0.5) is 0 Å². The van der Waals surface area contributed by atoms with Crippen LogP contribution in [0.2, 0.25) is 0 Å². The molecule has 3 heterocycles. The van der Waals surface area contributed by atoms with E-state index in [1.807, 2.05) is 29.0 Å². The van der Waals surface area contributed by atoms with E-state index in [2.05, 4.69) is 0 Å². The molecule has 0 atom stereocenters. The average Bonchev–Trinajstić information content (AvgIpc) is 3.29. The lowest BCUT2D eigenvalue weighted by Crippen LogP contribution is -1.86. The van der Waals surface area contributed by atoms with Gasteiger partial charge in [0.2, 0.25) is 0 Å². The van der Waals surface area contributed by atoms with Crippen molar-refractivity contribution in [3.05, 3.63) is 51.7 Å². The lowest BCUT2D eigenvalue weighted by molar-refractivity contribution is -0.131. The molecule has 0 bridgehead atoms. The first-order valence-electron chi connectivity index (χ1n) is 7.04. The number of carboxylic acid groups (broad SMARTS) is 1. The van der Waals surface area contributed by atoms with Crippen LogP contribution in [0.15, 0.2) is 35.0 Å². The van der Waals surface area contributed by atoms with Crippen molar-refractivity contribution >= 4 is 46.1 Å². The Kier molecular flexibility index (Phi) is 5.27. The molecule has 0 unspecified atom stereocenters. The molecule has 124 valence electrons. The Hall–Kier alpha value is -1.77. The summed E-state index contributed by atoms with van der Waals surface area (Å²) in [7, 11) is 0. The SMILES string of the molecule is O=C(O)/C=C/c1cc(-c2sccc2CO)sc1-c1sccc1CO. The summed E-state index contributed by atoms with van der Waals surface area (Å²) in [6.45, 7) is -0.0949. The van der Waals surface area contributed by atoms with Crippen LogP contribution in [0.25, 0.3) is 25.6 Å². The molecule has 0 aromatic carbocycles. The van der Waals surface area contributed by atoms with Crippen LogP contribution < -0.4 is 0 Å². The number of rotatable bonds is 6. The summed E-state index contributed by atoms with van der Waals surface area (Å²) in [6.07, 6.45) is 2.69. The van der Waals surface area contributed by atoms with Gasteiger partial charge in [0, 0.05) is 15.8 Å². The number of hydrogen-bond donors (Lipinski definition) is 3.